The zero-order valence-corrected chi connectivity index (χ0v) is 11.4. The number of esters is 1. The Balaban J connectivity index is 2.10. The van der Waals surface area contributed by atoms with E-state index in [-0.39, 0.29) is 35.9 Å². The largest absolute Gasteiger partial charge is 0.455 e. The summed E-state index contributed by atoms with van der Waals surface area (Å²) in [5, 5.41) is 11.2. The van der Waals surface area contributed by atoms with Crippen molar-refractivity contribution in [3.8, 4) is 0 Å². The second-order valence-corrected chi connectivity index (χ2v) is 6.39. The fourth-order valence-electron chi connectivity index (χ4n) is 4.28. The summed E-state index contributed by atoms with van der Waals surface area (Å²) in [6, 6.07) is 0. The molecular formula is C15H20O4. The number of carbonyl (C=O) groups is 2. The first-order valence-electron chi connectivity index (χ1n) is 7.02. The van der Waals surface area contributed by atoms with Crippen molar-refractivity contribution in [2.24, 2.45) is 23.7 Å². The second kappa shape index (κ2) is 3.92. The van der Waals surface area contributed by atoms with Crippen LogP contribution in [0.2, 0.25) is 0 Å². The molecule has 2 aliphatic carbocycles. The van der Waals surface area contributed by atoms with Gasteiger partial charge in [-0.05, 0) is 18.8 Å². The third-order valence-corrected chi connectivity index (χ3v) is 5.59. The Bertz CT molecular complexity index is 469. The first-order valence-corrected chi connectivity index (χ1v) is 7.02. The maximum Gasteiger partial charge on any atom is 0.334 e. The molecule has 0 bridgehead atoms. The van der Waals surface area contributed by atoms with Crippen molar-refractivity contribution in [3.05, 3.63) is 12.2 Å². The highest BCUT2D eigenvalue weighted by Gasteiger charge is 2.63. The Hall–Kier alpha value is -1.16. The molecule has 0 aromatic carbocycles. The van der Waals surface area contributed by atoms with Gasteiger partial charge in [0.05, 0.1) is 0 Å². The number of carbonyl (C=O) groups excluding carboxylic acids is 2. The summed E-state index contributed by atoms with van der Waals surface area (Å²) in [6.07, 6.45) is 1.36. The molecule has 0 aromatic heterocycles. The monoisotopic (exact) mass is 264 g/mol. The van der Waals surface area contributed by atoms with E-state index in [0.29, 0.717) is 5.57 Å². The fraction of sp³-hybridized carbons (Fsp3) is 0.733. The van der Waals surface area contributed by atoms with Crippen molar-refractivity contribution < 1.29 is 19.4 Å². The van der Waals surface area contributed by atoms with Gasteiger partial charge in [0.15, 0.2) is 0 Å². The molecule has 0 aromatic rings. The van der Waals surface area contributed by atoms with E-state index < -0.39 is 17.7 Å². The van der Waals surface area contributed by atoms with Crippen LogP contribution in [-0.4, -0.2) is 28.6 Å². The van der Waals surface area contributed by atoms with Crippen LogP contribution in [0.5, 0.6) is 0 Å². The predicted octanol–water partition coefficient (Wildman–Crippen LogP) is 1.47. The summed E-state index contributed by atoms with van der Waals surface area (Å²) in [6.45, 7) is 7.62. The van der Waals surface area contributed by atoms with Gasteiger partial charge in [0, 0.05) is 29.7 Å². The van der Waals surface area contributed by atoms with E-state index in [1.54, 1.807) is 0 Å². The highest BCUT2D eigenvalue weighted by Crippen LogP contribution is 2.54. The molecule has 3 rings (SSSR count). The number of aliphatic hydroxyl groups is 1. The van der Waals surface area contributed by atoms with E-state index in [1.807, 2.05) is 13.8 Å². The normalized spacial score (nSPS) is 49.6. The third-order valence-electron chi connectivity index (χ3n) is 5.59. The topological polar surface area (TPSA) is 63.6 Å². The summed E-state index contributed by atoms with van der Waals surface area (Å²) < 4.78 is 5.40. The smallest absolute Gasteiger partial charge is 0.334 e. The van der Waals surface area contributed by atoms with Crippen molar-refractivity contribution >= 4 is 11.8 Å². The van der Waals surface area contributed by atoms with Crippen molar-refractivity contribution in [2.45, 2.75) is 44.8 Å². The highest BCUT2D eigenvalue weighted by molar-refractivity contribution is 5.93. The number of fused-ring (bicyclic) bond motifs is 3. The molecule has 6 atom stereocenters. The quantitative estimate of drug-likeness (QED) is 0.531. The predicted molar refractivity (Wildman–Crippen MR) is 68.1 cm³/mol. The summed E-state index contributed by atoms with van der Waals surface area (Å²) >= 11 is 0. The molecule has 1 N–H and O–H groups in total. The number of Topliss-reactive ketones (excluding diaryl/α,β-unsaturated/α-hetero) is 1. The lowest BCUT2D eigenvalue weighted by Gasteiger charge is -2.39. The fourth-order valence-corrected chi connectivity index (χ4v) is 4.28. The summed E-state index contributed by atoms with van der Waals surface area (Å²) in [5.74, 6) is -0.932. The number of ether oxygens (including phenoxy) is 1. The molecule has 4 heteroatoms. The van der Waals surface area contributed by atoms with Gasteiger partial charge in [-0.2, -0.15) is 0 Å². The van der Waals surface area contributed by atoms with Crippen LogP contribution >= 0.6 is 0 Å². The second-order valence-electron chi connectivity index (χ2n) is 6.39. The van der Waals surface area contributed by atoms with Gasteiger partial charge in [-0.1, -0.05) is 20.4 Å². The zero-order valence-electron chi connectivity index (χ0n) is 11.4. The molecule has 1 saturated heterocycles. The minimum Gasteiger partial charge on any atom is -0.455 e. The van der Waals surface area contributed by atoms with Crippen molar-refractivity contribution in [1.29, 1.82) is 0 Å². The molecule has 2 saturated carbocycles. The number of rotatable bonds is 0. The van der Waals surface area contributed by atoms with Crippen LogP contribution in [0.4, 0.5) is 0 Å². The van der Waals surface area contributed by atoms with Crippen molar-refractivity contribution in [2.75, 3.05) is 0 Å². The van der Waals surface area contributed by atoms with Crippen LogP contribution < -0.4 is 0 Å². The standard InChI is InChI=1S/C15H20O4/c1-7-4-5-11-9(3)12(16)6-10-8(2)14(17)19-13(10)15(7,11)18/h7,9-11,13,18H,2,4-6H2,1,3H3/t7-,9+,10-,11-,13-,15+/m0/s1. The Morgan fingerprint density at radius 1 is 1.32 bits per heavy atom. The van der Waals surface area contributed by atoms with Crippen LogP contribution in [0.1, 0.15) is 33.1 Å². The minimum absolute atomic E-state index is 0.0389. The van der Waals surface area contributed by atoms with Gasteiger partial charge in [-0.25, -0.2) is 4.79 Å². The molecule has 0 unspecified atom stereocenters. The molecule has 19 heavy (non-hydrogen) atoms. The molecule has 4 nitrogen and oxygen atoms in total. The summed E-state index contributed by atoms with van der Waals surface area (Å²) in [7, 11) is 0. The number of ketones is 1. The molecule has 0 spiro atoms. The zero-order chi connectivity index (χ0) is 13.9. The van der Waals surface area contributed by atoms with E-state index in [2.05, 4.69) is 6.58 Å². The van der Waals surface area contributed by atoms with E-state index >= 15 is 0 Å². The van der Waals surface area contributed by atoms with Crippen LogP contribution in [-0.2, 0) is 14.3 Å². The molecule has 3 aliphatic rings. The number of hydrogen-bond donors (Lipinski definition) is 1. The average molecular weight is 264 g/mol. The Morgan fingerprint density at radius 3 is 2.68 bits per heavy atom. The van der Waals surface area contributed by atoms with Gasteiger partial charge >= 0.3 is 5.97 Å². The minimum atomic E-state index is -1.08. The van der Waals surface area contributed by atoms with E-state index in [0.717, 1.165) is 12.8 Å². The Morgan fingerprint density at radius 2 is 2.00 bits per heavy atom. The maximum absolute atomic E-state index is 12.3. The van der Waals surface area contributed by atoms with Crippen LogP contribution in [0.3, 0.4) is 0 Å². The van der Waals surface area contributed by atoms with Gasteiger partial charge in [0.2, 0.25) is 0 Å². The third kappa shape index (κ3) is 1.49. The van der Waals surface area contributed by atoms with Gasteiger partial charge in [-0.15, -0.1) is 0 Å². The van der Waals surface area contributed by atoms with Crippen LogP contribution in [0.15, 0.2) is 12.2 Å². The van der Waals surface area contributed by atoms with Crippen molar-refractivity contribution in [1.82, 2.24) is 0 Å². The molecule has 1 aliphatic heterocycles. The highest BCUT2D eigenvalue weighted by atomic mass is 16.6. The van der Waals surface area contributed by atoms with E-state index in [9.17, 15) is 14.7 Å². The molecule has 104 valence electrons. The SMILES string of the molecule is C=C1C(=O)O[C@H]2[C@H]1CC(=O)[C@H](C)[C@@H]1CC[C@H](C)[C@@]12O. The lowest BCUT2D eigenvalue weighted by atomic mass is 9.73. The summed E-state index contributed by atoms with van der Waals surface area (Å²) in [4.78, 5) is 24.0. The van der Waals surface area contributed by atoms with E-state index in [1.165, 1.54) is 0 Å². The van der Waals surface area contributed by atoms with Crippen molar-refractivity contribution in [3.63, 3.8) is 0 Å². The first-order chi connectivity index (χ1) is 8.87. The molecule has 1 heterocycles. The number of hydrogen-bond acceptors (Lipinski definition) is 4. The Labute approximate surface area is 112 Å². The van der Waals surface area contributed by atoms with Crippen LogP contribution in [0, 0.1) is 23.7 Å². The lowest BCUT2D eigenvalue weighted by molar-refractivity contribution is -0.168. The molecular weight excluding hydrogens is 244 g/mol. The van der Waals surface area contributed by atoms with Gasteiger partial charge in [0.1, 0.15) is 17.5 Å². The van der Waals surface area contributed by atoms with Gasteiger partial charge in [0.25, 0.3) is 0 Å². The van der Waals surface area contributed by atoms with Gasteiger partial charge in [-0.3, -0.25) is 4.79 Å². The Kier molecular flexibility index (Phi) is 2.65. The first kappa shape index (κ1) is 12.9. The summed E-state index contributed by atoms with van der Waals surface area (Å²) in [5.41, 5.74) is -0.732. The molecule has 0 radical (unpaired) electrons. The lowest BCUT2D eigenvalue weighted by Crippen LogP contribution is -2.52. The van der Waals surface area contributed by atoms with E-state index in [4.69, 9.17) is 4.74 Å². The maximum atomic E-state index is 12.3. The average Bonchev–Trinajstić information content (AvgIpc) is 2.79. The molecule has 3 fully saturated rings. The van der Waals surface area contributed by atoms with Gasteiger partial charge < -0.3 is 9.84 Å². The van der Waals surface area contributed by atoms with Crippen LogP contribution in [0.25, 0.3) is 0 Å². The molecule has 0 amide bonds.